The van der Waals surface area contributed by atoms with Crippen molar-refractivity contribution in [2.24, 2.45) is 10.9 Å². The first-order chi connectivity index (χ1) is 11.0. The average molecular weight is 343 g/mol. The molecular weight excluding hydrogens is 319 g/mol. The third kappa shape index (κ3) is 4.94. The van der Waals surface area contributed by atoms with E-state index in [1.54, 1.807) is 19.0 Å². The van der Waals surface area contributed by atoms with Crippen LogP contribution in [-0.2, 0) is 0 Å². The maximum atomic E-state index is 13.1. The summed E-state index contributed by atoms with van der Waals surface area (Å²) in [5, 5.41) is 0. The molecule has 0 spiro atoms. The molecule has 0 radical (unpaired) electrons. The standard InChI is InChI=1S/C16H24F3N5/c1-10(2)9-24(7)13-8-12(21-15(22-13)23(5)6)11(3)14(20-4)16(17,18)19/h8,10H,3,9H2,1-2,4-7H3. The zero-order valence-electron chi connectivity index (χ0n) is 14.9. The van der Waals surface area contributed by atoms with Gasteiger partial charge in [-0.1, -0.05) is 20.4 Å². The lowest BCUT2D eigenvalue weighted by molar-refractivity contribution is -0.0572. The number of aromatic nitrogens is 2. The summed E-state index contributed by atoms with van der Waals surface area (Å²) in [6.45, 7) is 8.36. The number of hydrogen-bond acceptors (Lipinski definition) is 5. The van der Waals surface area contributed by atoms with Gasteiger partial charge in [0, 0.05) is 46.4 Å². The molecule has 1 rings (SSSR count). The number of allylic oxidation sites excluding steroid dienone is 1. The topological polar surface area (TPSA) is 44.6 Å². The number of anilines is 2. The Bertz CT molecular complexity index is 621. The van der Waals surface area contributed by atoms with Crippen LogP contribution in [0.1, 0.15) is 19.5 Å². The van der Waals surface area contributed by atoms with Crippen molar-refractivity contribution in [1.29, 1.82) is 0 Å². The highest BCUT2D eigenvalue weighted by molar-refractivity contribution is 6.25. The third-order valence-electron chi connectivity index (χ3n) is 3.22. The number of rotatable bonds is 6. The van der Waals surface area contributed by atoms with Crippen LogP contribution in [0.15, 0.2) is 17.6 Å². The van der Waals surface area contributed by atoms with Crippen LogP contribution in [0.3, 0.4) is 0 Å². The van der Waals surface area contributed by atoms with Crippen LogP contribution in [-0.4, -0.2) is 56.6 Å². The first kappa shape index (κ1) is 19.9. The van der Waals surface area contributed by atoms with Crippen molar-refractivity contribution in [2.75, 3.05) is 44.5 Å². The van der Waals surface area contributed by atoms with Crippen molar-refractivity contribution >= 4 is 23.1 Å². The number of hydrogen-bond donors (Lipinski definition) is 0. The molecule has 1 heterocycles. The van der Waals surface area contributed by atoms with Gasteiger partial charge >= 0.3 is 6.18 Å². The van der Waals surface area contributed by atoms with E-state index in [1.165, 1.54) is 6.07 Å². The summed E-state index contributed by atoms with van der Waals surface area (Å²) in [6.07, 6.45) is -4.58. The molecule has 0 unspecified atom stereocenters. The lowest BCUT2D eigenvalue weighted by Crippen LogP contribution is -2.27. The van der Waals surface area contributed by atoms with Crippen LogP contribution < -0.4 is 9.80 Å². The Balaban J connectivity index is 3.37. The Labute approximate surface area is 140 Å². The summed E-state index contributed by atoms with van der Waals surface area (Å²) in [6, 6.07) is 1.51. The maximum Gasteiger partial charge on any atom is 0.433 e. The van der Waals surface area contributed by atoms with E-state index in [1.807, 2.05) is 11.9 Å². The summed E-state index contributed by atoms with van der Waals surface area (Å²) >= 11 is 0. The Morgan fingerprint density at radius 2 is 1.83 bits per heavy atom. The van der Waals surface area contributed by atoms with E-state index in [4.69, 9.17) is 0 Å². The quantitative estimate of drug-likeness (QED) is 0.744. The van der Waals surface area contributed by atoms with Gasteiger partial charge in [0.15, 0.2) is 0 Å². The molecule has 0 aliphatic heterocycles. The van der Waals surface area contributed by atoms with Crippen LogP contribution in [0.5, 0.6) is 0 Å². The van der Waals surface area contributed by atoms with Crippen LogP contribution in [0, 0.1) is 5.92 Å². The van der Waals surface area contributed by atoms with E-state index in [2.05, 4.69) is 35.4 Å². The van der Waals surface area contributed by atoms with E-state index in [0.29, 0.717) is 24.2 Å². The Hall–Kier alpha value is -2.12. The highest BCUT2D eigenvalue weighted by Gasteiger charge is 2.38. The van der Waals surface area contributed by atoms with Crippen molar-refractivity contribution in [3.05, 3.63) is 18.3 Å². The smallest absolute Gasteiger partial charge is 0.359 e. The fraction of sp³-hybridized carbons (Fsp3) is 0.562. The van der Waals surface area contributed by atoms with Crippen molar-refractivity contribution < 1.29 is 13.2 Å². The van der Waals surface area contributed by atoms with Crippen molar-refractivity contribution in [3.63, 3.8) is 0 Å². The molecule has 0 aromatic carbocycles. The molecule has 0 N–H and O–H groups in total. The van der Waals surface area contributed by atoms with Gasteiger partial charge in [0.1, 0.15) is 11.5 Å². The summed E-state index contributed by atoms with van der Waals surface area (Å²) in [7, 11) is 6.39. The lowest BCUT2D eigenvalue weighted by atomic mass is 10.1. The number of nitrogens with zero attached hydrogens (tertiary/aromatic N) is 5. The van der Waals surface area contributed by atoms with E-state index in [9.17, 15) is 13.2 Å². The van der Waals surface area contributed by atoms with Gasteiger partial charge in [0.2, 0.25) is 5.95 Å². The molecular formula is C16H24F3N5. The van der Waals surface area contributed by atoms with Gasteiger partial charge in [-0.25, -0.2) is 4.98 Å². The van der Waals surface area contributed by atoms with E-state index < -0.39 is 11.9 Å². The highest BCUT2D eigenvalue weighted by Crippen LogP contribution is 2.28. The molecule has 8 heteroatoms. The molecule has 0 atom stereocenters. The largest absolute Gasteiger partial charge is 0.433 e. The molecule has 24 heavy (non-hydrogen) atoms. The van der Waals surface area contributed by atoms with Crippen LogP contribution in [0.4, 0.5) is 24.9 Å². The third-order valence-corrected chi connectivity index (χ3v) is 3.22. The Kier molecular flexibility index (Phi) is 6.34. The SMILES string of the molecule is C=C(C(=NC)C(F)(F)F)c1cc(N(C)CC(C)C)nc(N(C)C)n1. The Morgan fingerprint density at radius 1 is 1.25 bits per heavy atom. The molecule has 0 bridgehead atoms. The Morgan fingerprint density at radius 3 is 2.25 bits per heavy atom. The summed E-state index contributed by atoms with van der Waals surface area (Å²) in [5.74, 6) is 1.23. The fourth-order valence-corrected chi connectivity index (χ4v) is 2.17. The molecule has 1 aromatic heterocycles. The second-order valence-electron chi connectivity index (χ2n) is 6.13. The van der Waals surface area contributed by atoms with Gasteiger partial charge < -0.3 is 9.80 Å². The van der Waals surface area contributed by atoms with E-state index in [-0.39, 0.29) is 11.3 Å². The van der Waals surface area contributed by atoms with Crippen LogP contribution >= 0.6 is 0 Å². The lowest BCUT2D eigenvalue weighted by Gasteiger charge is -2.23. The van der Waals surface area contributed by atoms with Crippen LogP contribution in [0.2, 0.25) is 0 Å². The van der Waals surface area contributed by atoms with Crippen molar-refractivity contribution in [1.82, 2.24) is 9.97 Å². The summed E-state index contributed by atoms with van der Waals surface area (Å²) < 4.78 is 39.3. The molecule has 1 aromatic rings. The van der Waals surface area contributed by atoms with Gasteiger partial charge in [-0.3, -0.25) is 4.99 Å². The van der Waals surface area contributed by atoms with Gasteiger partial charge in [0.05, 0.1) is 5.69 Å². The number of halogens is 3. The fourth-order valence-electron chi connectivity index (χ4n) is 2.17. The van der Waals surface area contributed by atoms with Gasteiger partial charge in [-0.05, 0) is 5.92 Å². The predicted molar refractivity (Wildman–Crippen MR) is 92.9 cm³/mol. The minimum atomic E-state index is -4.58. The van der Waals surface area contributed by atoms with Gasteiger partial charge in [0.25, 0.3) is 0 Å². The van der Waals surface area contributed by atoms with Gasteiger partial charge in [-0.2, -0.15) is 18.2 Å². The van der Waals surface area contributed by atoms with Gasteiger partial charge in [-0.15, -0.1) is 0 Å². The minimum absolute atomic E-state index is 0.109. The predicted octanol–water partition coefficient (Wildman–Crippen LogP) is 3.28. The molecule has 0 fully saturated rings. The average Bonchev–Trinajstić information content (AvgIpc) is 2.45. The molecule has 0 aliphatic rings. The van der Waals surface area contributed by atoms with E-state index in [0.717, 1.165) is 7.05 Å². The second-order valence-corrected chi connectivity index (χ2v) is 6.13. The maximum absolute atomic E-state index is 13.1. The molecule has 0 saturated heterocycles. The second kappa shape index (κ2) is 7.63. The first-order valence-corrected chi connectivity index (χ1v) is 7.48. The zero-order valence-corrected chi connectivity index (χ0v) is 14.9. The van der Waals surface area contributed by atoms with Crippen molar-refractivity contribution in [3.8, 4) is 0 Å². The number of aliphatic imine (C=N–C) groups is 1. The number of alkyl halides is 3. The zero-order chi connectivity index (χ0) is 18.7. The summed E-state index contributed by atoms with van der Waals surface area (Å²) in [5.41, 5.74) is -1.20. The molecule has 134 valence electrons. The first-order valence-electron chi connectivity index (χ1n) is 7.48. The normalized spacial score (nSPS) is 12.5. The van der Waals surface area contributed by atoms with Crippen molar-refractivity contribution in [2.45, 2.75) is 20.0 Å². The molecule has 0 amide bonds. The van der Waals surface area contributed by atoms with Crippen LogP contribution in [0.25, 0.3) is 5.57 Å². The highest BCUT2D eigenvalue weighted by atomic mass is 19.4. The van der Waals surface area contributed by atoms with E-state index >= 15 is 0 Å². The molecule has 5 nitrogen and oxygen atoms in total. The monoisotopic (exact) mass is 343 g/mol. The summed E-state index contributed by atoms with van der Waals surface area (Å²) in [4.78, 5) is 15.4. The molecule has 0 aliphatic carbocycles. The molecule has 0 saturated carbocycles. The minimum Gasteiger partial charge on any atom is -0.359 e.